The largest absolute Gasteiger partial charge is 0.364 e. The zero-order chi connectivity index (χ0) is 13.4. The van der Waals surface area contributed by atoms with Gasteiger partial charge in [0.2, 0.25) is 0 Å². The summed E-state index contributed by atoms with van der Waals surface area (Å²) < 4.78 is 2.10. The van der Waals surface area contributed by atoms with Crippen LogP contribution in [0.5, 0.6) is 0 Å². The second kappa shape index (κ2) is 4.56. The number of fused-ring (bicyclic) bond motifs is 1. The molecule has 2 aromatic heterocycles. The molecule has 0 saturated carbocycles. The Bertz CT molecular complexity index is 644. The predicted molar refractivity (Wildman–Crippen MR) is 74.2 cm³/mol. The van der Waals surface area contributed by atoms with Gasteiger partial charge in [-0.2, -0.15) is 5.26 Å². The molecular weight excluding hydrogens is 238 g/mol. The second-order valence-corrected chi connectivity index (χ2v) is 5.08. The van der Waals surface area contributed by atoms with E-state index in [1.807, 2.05) is 37.2 Å². The van der Waals surface area contributed by atoms with E-state index in [2.05, 4.69) is 20.8 Å². The van der Waals surface area contributed by atoms with E-state index in [4.69, 9.17) is 0 Å². The number of hydrogen-bond donors (Lipinski definition) is 1. The van der Waals surface area contributed by atoms with Crippen LogP contribution in [0.25, 0.3) is 5.52 Å². The molecule has 98 valence electrons. The Hall–Kier alpha value is -2.06. The average Bonchev–Trinajstić information content (AvgIpc) is 3.04. The lowest BCUT2D eigenvalue weighted by Gasteiger charge is -2.18. The van der Waals surface area contributed by atoms with Gasteiger partial charge in [-0.25, -0.2) is 4.98 Å². The van der Waals surface area contributed by atoms with E-state index < -0.39 is 0 Å². The fraction of sp³-hybridized carbons (Fsp3) is 0.429. The summed E-state index contributed by atoms with van der Waals surface area (Å²) in [6.07, 6.45) is 2.23. The maximum atomic E-state index is 9.26. The summed E-state index contributed by atoms with van der Waals surface area (Å²) in [5, 5.41) is 12.7. The Morgan fingerprint density at radius 1 is 1.47 bits per heavy atom. The van der Waals surface area contributed by atoms with Crippen molar-refractivity contribution in [3.05, 3.63) is 29.7 Å². The molecule has 0 aromatic carbocycles. The Balaban J connectivity index is 2.28. The Kier molecular flexibility index (Phi) is 2.88. The summed E-state index contributed by atoms with van der Waals surface area (Å²) in [5.74, 6) is 2.00. The standard InChI is InChI=1S/C14H17N5/c1-18(2)13-7-3-6-12-11(9-15)17-14(19(12)13)10-5-4-8-16-10/h3,6-7,10,16H,4-5,8H2,1-2H3. The molecule has 0 radical (unpaired) electrons. The molecule has 2 aromatic rings. The van der Waals surface area contributed by atoms with E-state index in [0.29, 0.717) is 5.69 Å². The molecule has 19 heavy (non-hydrogen) atoms. The number of aromatic nitrogens is 2. The van der Waals surface area contributed by atoms with Gasteiger partial charge in [-0.3, -0.25) is 4.40 Å². The van der Waals surface area contributed by atoms with Crippen molar-refractivity contribution in [2.24, 2.45) is 0 Å². The van der Waals surface area contributed by atoms with Gasteiger partial charge in [0.25, 0.3) is 0 Å². The molecule has 5 heteroatoms. The minimum atomic E-state index is 0.246. The number of imidazole rings is 1. The van der Waals surface area contributed by atoms with Crippen LogP contribution in [0, 0.1) is 11.3 Å². The van der Waals surface area contributed by atoms with Gasteiger partial charge < -0.3 is 10.2 Å². The number of nitriles is 1. The molecule has 0 aliphatic carbocycles. The summed E-state index contributed by atoms with van der Waals surface area (Å²) in [6.45, 7) is 1.02. The van der Waals surface area contributed by atoms with Crippen LogP contribution in [0.2, 0.25) is 0 Å². The molecule has 1 saturated heterocycles. The van der Waals surface area contributed by atoms with Crippen LogP contribution >= 0.6 is 0 Å². The smallest absolute Gasteiger partial charge is 0.166 e. The van der Waals surface area contributed by atoms with E-state index in [-0.39, 0.29) is 6.04 Å². The zero-order valence-electron chi connectivity index (χ0n) is 11.2. The van der Waals surface area contributed by atoms with E-state index in [9.17, 15) is 5.26 Å². The first-order chi connectivity index (χ1) is 9.22. The van der Waals surface area contributed by atoms with Crippen molar-refractivity contribution >= 4 is 11.3 Å². The third kappa shape index (κ3) is 1.85. The average molecular weight is 255 g/mol. The highest BCUT2D eigenvalue weighted by Gasteiger charge is 2.24. The summed E-state index contributed by atoms with van der Waals surface area (Å²) in [6, 6.07) is 8.42. The molecule has 5 nitrogen and oxygen atoms in total. The number of pyridine rings is 1. The number of nitrogens with zero attached hydrogens (tertiary/aromatic N) is 4. The highest BCUT2D eigenvalue weighted by molar-refractivity contribution is 5.64. The van der Waals surface area contributed by atoms with Crippen molar-refractivity contribution in [2.75, 3.05) is 25.5 Å². The maximum Gasteiger partial charge on any atom is 0.166 e. The number of hydrogen-bond acceptors (Lipinski definition) is 4. The second-order valence-electron chi connectivity index (χ2n) is 5.08. The Morgan fingerprint density at radius 3 is 2.95 bits per heavy atom. The first kappa shape index (κ1) is 12.0. The van der Waals surface area contributed by atoms with Crippen LogP contribution in [-0.2, 0) is 0 Å². The minimum absolute atomic E-state index is 0.246. The third-order valence-corrected chi connectivity index (χ3v) is 3.60. The molecule has 1 atom stereocenters. The quantitative estimate of drug-likeness (QED) is 0.887. The van der Waals surface area contributed by atoms with Crippen molar-refractivity contribution < 1.29 is 0 Å². The van der Waals surface area contributed by atoms with Crippen molar-refractivity contribution in [2.45, 2.75) is 18.9 Å². The molecule has 0 bridgehead atoms. The molecule has 1 unspecified atom stereocenters. The zero-order valence-corrected chi connectivity index (χ0v) is 11.2. The van der Waals surface area contributed by atoms with Gasteiger partial charge in [0.1, 0.15) is 17.7 Å². The van der Waals surface area contributed by atoms with Crippen LogP contribution in [0.1, 0.15) is 30.4 Å². The first-order valence-electron chi connectivity index (χ1n) is 6.54. The molecule has 0 spiro atoms. The van der Waals surface area contributed by atoms with E-state index in [1.165, 1.54) is 0 Å². The van der Waals surface area contributed by atoms with E-state index in [0.717, 1.165) is 36.5 Å². The minimum Gasteiger partial charge on any atom is -0.364 e. The van der Waals surface area contributed by atoms with Crippen LogP contribution in [0.4, 0.5) is 5.82 Å². The topological polar surface area (TPSA) is 56.4 Å². The molecule has 1 aliphatic heterocycles. The van der Waals surface area contributed by atoms with Crippen LogP contribution < -0.4 is 10.2 Å². The number of anilines is 1. The van der Waals surface area contributed by atoms with Gasteiger partial charge in [-0.1, -0.05) is 6.07 Å². The monoisotopic (exact) mass is 255 g/mol. The van der Waals surface area contributed by atoms with Crippen molar-refractivity contribution in [1.29, 1.82) is 5.26 Å². The highest BCUT2D eigenvalue weighted by atomic mass is 15.2. The lowest BCUT2D eigenvalue weighted by molar-refractivity contribution is 0.602. The van der Waals surface area contributed by atoms with Gasteiger partial charge >= 0.3 is 0 Å². The summed E-state index contributed by atoms with van der Waals surface area (Å²) in [5.41, 5.74) is 1.39. The molecular formula is C14H17N5. The molecule has 0 amide bonds. The molecule has 1 aliphatic rings. The van der Waals surface area contributed by atoms with Crippen LogP contribution in [-0.4, -0.2) is 30.0 Å². The maximum absolute atomic E-state index is 9.26. The summed E-state index contributed by atoms with van der Waals surface area (Å²) in [4.78, 5) is 6.60. The molecule has 1 N–H and O–H groups in total. The Morgan fingerprint density at radius 2 is 2.32 bits per heavy atom. The molecule has 3 rings (SSSR count). The first-order valence-corrected chi connectivity index (χ1v) is 6.54. The SMILES string of the molecule is CN(C)c1cccc2c(C#N)nc(C3CCCN3)n12. The van der Waals surface area contributed by atoms with Crippen LogP contribution in [0.15, 0.2) is 18.2 Å². The van der Waals surface area contributed by atoms with E-state index in [1.54, 1.807) is 0 Å². The normalized spacial score (nSPS) is 18.7. The fourth-order valence-corrected chi connectivity index (χ4v) is 2.72. The molecule has 3 heterocycles. The number of nitrogens with one attached hydrogen (secondary N) is 1. The summed E-state index contributed by atoms with van der Waals surface area (Å²) in [7, 11) is 4.01. The number of rotatable bonds is 2. The van der Waals surface area contributed by atoms with Gasteiger partial charge in [-0.15, -0.1) is 0 Å². The van der Waals surface area contributed by atoms with Crippen molar-refractivity contribution in [3.8, 4) is 6.07 Å². The van der Waals surface area contributed by atoms with Crippen LogP contribution in [0.3, 0.4) is 0 Å². The Labute approximate surface area is 112 Å². The predicted octanol–water partition coefficient (Wildman–Crippen LogP) is 1.70. The third-order valence-electron chi connectivity index (χ3n) is 3.60. The van der Waals surface area contributed by atoms with Crippen molar-refractivity contribution in [1.82, 2.24) is 14.7 Å². The lowest BCUT2D eigenvalue weighted by atomic mass is 10.2. The lowest BCUT2D eigenvalue weighted by Crippen LogP contribution is -2.19. The van der Waals surface area contributed by atoms with E-state index >= 15 is 0 Å². The fourth-order valence-electron chi connectivity index (χ4n) is 2.72. The highest BCUT2D eigenvalue weighted by Crippen LogP contribution is 2.28. The van der Waals surface area contributed by atoms with Gasteiger partial charge in [-0.05, 0) is 31.5 Å². The van der Waals surface area contributed by atoms with Gasteiger partial charge in [0, 0.05) is 14.1 Å². The van der Waals surface area contributed by atoms with Gasteiger partial charge in [0.15, 0.2) is 5.69 Å². The van der Waals surface area contributed by atoms with Gasteiger partial charge in [0.05, 0.1) is 11.6 Å². The summed E-state index contributed by atoms with van der Waals surface area (Å²) >= 11 is 0. The molecule has 1 fully saturated rings. The van der Waals surface area contributed by atoms with Crippen molar-refractivity contribution in [3.63, 3.8) is 0 Å².